The SMILES string of the molecule is CN(Cc1ccccc1Cl)C(=O)CCc1c[nH]c2ccccc12. The molecular formula is C19H19ClN2O. The highest BCUT2D eigenvalue weighted by Crippen LogP contribution is 2.20. The molecule has 4 heteroatoms. The highest BCUT2D eigenvalue weighted by atomic mass is 35.5. The fourth-order valence-corrected chi connectivity index (χ4v) is 2.94. The van der Waals surface area contributed by atoms with Gasteiger partial charge < -0.3 is 9.88 Å². The number of carbonyl (C=O) groups is 1. The van der Waals surface area contributed by atoms with Crippen molar-refractivity contribution in [3.63, 3.8) is 0 Å². The fraction of sp³-hybridized carbons (Fsp3) is 0.211. The molecule has 0 aliphatic carbocycles. The highest BCUT2D eigenvalue weighted by molar-refractivity contribution is 6.31. The topological polar surface area (TPSA) is 36.1 Å². The molecule has 1 heterocycles. The average molecular weight is 327 g/mol. The maximum atomic E-state index is 12.4. The van der Waals surface area contributed by atoms with Crippen molar-refractivity contribution in [1.82, 2.24) is 9.88 Å². The summed E-state index contributed by atoms with van der Waals surface area (Å²) in [6, 6.07) is 15.8. The minimum absolute atomic E-state index is 0.121. The molecule has 1 N–H and O–H groups in total. The summed E-state index contributed by atoms with van der Waals surface area (Å²) in [5, 5.41) is 1.89. The lowest BCUT2D eigenvalue weighted by Crippen LogP contribution is -2.26. The van der Waals surface area contributed by atoms with Crippen LogP contribution in [0.15, 0.2) is 54.7 Å². The van der Waals surface area contributed by atoms with Crippen LogP contribution in [0.25, 0.3) is 10.9 Å². The maximum Gasteiger partial charge on any atom is 0.222 e. The van der Waals surface area contributed by atoms with Gasteiger partial charge >= 0.3 is 0 Å². The van der Waals surface area contributed by atoms with Gasteiger partial charge in [-0.25, -0.2) is 0 Å². The van der Waals surface area contributed by atoms with E-state index in [-0.39, 0.29) is 5.91 Å². The second-order valence-corrected chi connectivity index (χ2v) is 6.11. The van der Waals surface area contributed by atoms with Crippen molar-refractivity contribution in [2.24, 2.45) is 0 Å². The molecule has 3 aromatic rings. The molecule has 0 saturated carbocycles. The normalized spacial score (nSPS) is 10.9. The van der Waals surface area contributed by atoms with Crippen molar-refractivity contribution < 1.29 is 4.79 Å². The summed E-state index contributed by atoms with van der Waals surface area (Å²) < 4.78 is 0. The molecule has 1 aromatic heterocycles. The Balaban J connectivity index is 1.62. The van der Waals surface area contributed by atoms with Crippen LogP contribution in [0.5, 0.6) is 0 Å². The van der Waals surface area contributed by atoms with E-state index in [4.69, 9.17) is 11.6 Å². The number of para-hydroxylation sites is 1. The molecule has 118 valence electrons. The zero-order valence-electron chi connectivity index (χ0n) is 13.1. The highest BCUT2D eigenvalue weighted by Gasteiger charge is 2.12. The number of hydrogen-bond acceptors (Lipinski definition) is 1. The summed E-state index contributed by atoms with van der Waals surface area (Å²) in [5.41, 5.74) is 3.26. The summed E-state index contributed by atoms with van der Waals surface area (Å²) in [7, 11) is 1.82. The van der Waals surface area contributed by atoms with Crippen molar-refractivity contribution in [2.75, 3.05) is 7.05 Å². The molecule has 0 aliphatic rings. The Labute approximate surface area is 140 Å². The van der Waals surface area contributed by atoms with Gasteiger partial charge in [-0.05, 0) is 29.7 Å². The summed E-state index contributed by atoms with van der Waals surface area (Å²) in [5.74, 6) is 0.121. The predicted molar refractivity (Wildman–Crippen MR) is 94.5 cm³/mol. The number of H-pyrrole nitrogens is 1. The molecular weight excluding hydrogens is 308 g/mol. The standard InChI is InChI=1S/C19H19ClN2O/c1-22(13-15-6-2-4-8-17(15)20)19(23)11-10-14-12-21-18-9-5-3-7-16(14)18/h2-9,12,21H,10-11,13H2,1H3. The summed E-state index contributed by atoms with van der Waals surface area (Å²) in [6.45, 7) is 0.534. The minimum Gasteiger partial charge on any atom is -0.361 e. The Hall–Kier alpha value is -2.26. The summed E-state index contributed by atoms with van der Waals surface area (Å²) in [6.07, 6.45) is 3.21. The van der Waals surface area contributed by atoms with E-state index < -0.39 is 0 Å². The van der Waals surface area contributed by atoms with Gasteiger partial charge in [0, 0.05) is 42.1 Å². The number of benzene rings is 2. The number of carbonyl (C=O) groups excluding carboxylic acids is 1. The number of hydrogen-bond donors (Lipinski definition) is 1. The van der Waals surface area contributed by atoms with Crippen LogP contribution in [0, 0.1) is 0 Å². The molecule has 0 bridgehead atoms. The van der Waals surface area contributed by atoms with Crippen LogP contribution < -0.4 is 0 Å². The summed E-state index contributed by atoms with van der Waals surface area (Å²) in [4.78, 5) is 17.3. The molecule has 23 heavy (non-hydrogen) atoms. The fourth-order valence-electron chi connectivity index (χ4n) is 2.74. The quantitative estimate of drug-likeness (QED) is 0.740. The Morgan fingerprint density at radius 1 is 1.09 bits per heavy atom. The van der Waals surface area contributed by atoms with Crippen LogP contribution in [-0.2, 0) is 17.8 Å². The first-order valence-electron chi connectivity index (χ1n) is 7.67. The molecule has 0 saturated heterocycles. The third-order valence-electron chi connectivity index (χ3n) is 4.07. The lowest BCUT2D eigenvalue weighted by molar-refractivity contribution is -0.130. The van der Waals surface area contributed by atoms with Gasteiger partial charge in [0.25, 0.3) is 0 Å². The van der Waals surface area contributed by atoms with Crippen molar-refractivity contribution in [2.45, 2.75) is 19.4 Å². The van der Waals surface area contributed by atoms with E-state index in [1.807, 2.05) is 55.7 Å². The number of nitrogens with one attached hydrogen (secondary N) is 1. The Kier molecular flexibility index (Phi) is 4.68. The van der Waals surface area contributed by atoms with Crippen LogP contribution in [0.1, 0.15) is 17.5 Å². The second-order valence-electron chi connectivity index (χ2n) is 5.70. The van der Waals surface area contributed by atoms with E-state index in [9.17, 15) is 4.79 Å². The van der Waals surface area contributed by atoms with E-state index >= 15 is 0 Å². The molecule has 0 aliphatic heterocycles. The van der Waals surface area contributed by atoms with Gasteiger partial charge in [-0.1, -0.05) is 48.0 Å². The zero-order valence-corrected chi connectivity index (χ0v) is 13.8. The van der Waals surface area contributed by atoms with E-state index in [2.05, 4.69) is 11.1 Å². The Morgan fingerprint density at radius 2 is 1.83 bits per heavy atom. The van der Waals surface area contributed by atoms with Crippen LogP contribution in [0.4, 0.5) is 0 Å². The van der Waals surface area contributed by atoms with Gasteiger partial charge in [-0.3, -0.25) is 4.79 Å². The smallest absolute Gasteiger partial charge is 0.222 e. The largest absolute Gasteiger partial charge is 0.361 e. The number of amides is 1. The van der Waals surface area contributed by atoms with Crippen LogP contribution in [0.3, 0.4) is 0 Å². The number of aromatic nitrogens is 1. The number of halogens is 1. The Bertz CT molecular complexity index is 825. The predicted octanol–water partition coefficient (Wildman–Crippen LogP) is 4.41. The maximum absolute atomic E-state index is 12.4. The number of aromatic amines is 1. The van der Waals surface area contributed by atoms with Gasteiger partial charge in [-0.15, -0.1) is 0 Å². The van der Waals surface area contributed by atoms with E-state index in [1.165, 1.54) is 10.9 Å². The van der Waals surface area contributed by atoms with Gasteiger partial charge in [0.15, 0.2) is 0 Å². The van der Waals surface area contributed by atoms with Gasteiger partial charge in [0.05, 0.1) is 0 Å². The van der Waals surface area contributed by atoms with E-state index in [1.54, 1.807) is 4.90 Å². The number of rotatable bonds is 5. The first kappa shape index (κ1) is 15.6. The lowest BCUT2D eigenvalue weighted by Gasteiger charge is -2.18. The lowest BCUT2D eigenvalue weighted by atomic mass is 10.1. The molecule has 0 atom stereocenters. The van der Waals surface area contributed by atoms with E-state index in [0.717, 1.165) is 17.5 Å². The van der Waals surface area contributed by atoms with Crippen molar-refractivity contribution >= 4 is 28.4 Å². The molecule has 0 fully saturated rings. The van der Waals surface area contributed by atoms with E-state index in [0.29, 0.717) is 18.0 Å². The van der Waals surface area contributed by atoms with Crippen LogP contribution in [0.2, 0.25) is 5.02 Å². The molecule has 3 nitrogen and oxygen atoms in total. The number of nitrogens with zero attached hydrogens (tertiary/aromatic N) is 1. The van der Waals surface area contributed by atoms with Crippen molar-refractivity contribution in [3.8, 4) is 0 Å². The Morgan fingerprint density at radius 3 is 2.65 bits per heavy atom. The number of fused-ring (bicyclic) bond motifs is 1. The van der Waals surface area contributed by atoms with Crippen LogP contribution >= 0.6 is 11.6 Å². The summed E-state index contributed by atoms with van der Waals surface area (Å²) >= 11 is 6.15. The first-order chi connectivity index (χ1) is 11.1. The molecule has 1 amide bonds. The molecule has 0 spiro atoms. The second kappa shape index (κ2) is 6.88. The third kappa shape index (κ3) is 3.57. The molecule has 2 aromatic carbocycles. The van der Waals surface area contributed by atoms with Gasteiger partial charge in [0.1, 0.15) is 0 Å². The first-order valence-corrected chi connectivity index (χ1v) is 8.05. The van der Waals surface area contributed by atoms with Gasteiger partial charge in [0.2, 0.25) is 5.91 Å². The van der Waals surface area contributed by atoms with Crippen LogP contribution in [-0.4, -0.2) is 22.8 Å². The zero-order chi connectivity index (χ0) is 16.2. The van der Waals surface area contributed by atoms with Crippen molar-refractivity contribution in [1.29, 1.82) is 0 Å². The minimum atomic E-state index is 0.121. The molecule has 3 rings (SSSR count). The van der Waals surface area contributed by atoms with Gasteiger partial charge in [-0.2, -0.15) is 0 Å². The average Bonchev–Trinajstić information content (AvgIpc) is 2.98. The van der Waals surface area contributed by atoms with Crippen molar-refractivity contribution in [3.05, 3.63) is 70.9 Å². The number of aryl methyl sites for hydroxylation is 1. The molecule has 0 unspecified atom stereocenters. The third-order valence-corrected chi connectivity index (χ3v) is 4.44. The monoisotopic (exact) mass is 326 g/mol. The molecule has 0 radical (unpaired) electrons.